The van der Waals surface area contributed by atoms with E-state index in [0.717, 1.165) is 37.9 Å². The van der Waals surface area contributed by atoms with E-state index in [1.165, 1.54) is 11.8 Å². The van der Waals surface area contributed by atoms with E-state index in [9.17, 15) is 13.2 Å². The first-order chi connectivity index (χ1) is 13.5. The van der Waals surface area contributed by atoms with Crippen LogP contribution in [0.25, 0.3) is 0 Å². The summed E-state index contributed by atoms with van der Waals surface area (Å²) in [5.74, 6) is 0.759. The van der Waals surface area contributed by atoms with Crippen molar-refractivity contribution in [2.45, 2.75) is 49.1 Å². The Morgan fingerprint density at radius 1 is 1.18 bits per heavy atom. The van der Waals surface area contributed by atoms with Gasteiger partial charge in [0.25, 0.3) is 0 Å². The number of thioether (sulfide) groups is 1. The number of aromatic amines is 1. The number of sulfonamides is 1. The first-order valence-corrected chi connectivity index (χ1v) is 11.9. The molecular weight excluding hydrogens is 398 g/mol. The molecule has 10 heteroatoms. The summed E-state index contributed by atoms with van der Waals surface area (Å²) in [6.07, 6.45) is 4.70. The number of aromatic nitrogens is 3. The molecule has 0 atom stereocenters. The number of nitrogens with one attached hydrogen (secondary N) is 2. The Bertz CT molecular complexity index is 888. The van der Waals surface area contributed by atoms with Gasteiger partial charge in [-0.1, -0.05) is 31.5 Å². The third kappa shape index (κ3) is 5.33. The predicted octanol–water partition coefficient (Wildman–Crippen LogP) is 2.66. The number of amides is 1. The highest BCUT2D eigenvalue weighted by Gasteiger charge is 2.25. The molecule has 1 aliphatic heterocycles. The van der Waals surface area contributed by atoms with Gasteiger partial charge in [0.1, 0.15) is 5.82 Å². The number of hydrogen-bond acceptors (Lipinski definition) is 6. The minimum atomic E-state index is -3.48. The lowest BCUT2D eigenvalue weighted by atomic mass is 10.2. The van der Waals surface area contributed by atoms with Crippen LogP contribution in [0.1, 0.15) is 38.4 Å². The molecule has 1 aliphatic rings. The fourth-order valence-electron chi connectivity index (χ4n) is 2.97. The van der Waals surface area contributed by atoms with Gasteiger partial charge in [-0.2, -0.15) is 4.31 Å². The molecule has 1 saturated heterocycles. The molecule has 0 radical (unpaired) electrons. The third-order valence-corrected chi connectivity index (χ3v) is 7.28. The van der Waals surface area contributed by atoms with Crippen molar-refractivity contribution in [1.29, 1.82) is 0 Å². The average molecular weight is 424 g/mol. The highest BCUT2D eigenvalue weighted by molar-refractivity contribution is 7.99. The molecule has 1 amide bonds. The van der Waals surface area contributed by atoms with Crippen molar-refractivity contribution in [2.24, 2.45) is 0 Å². The van der Waals surface area contributed by atoms with Gasteiger partial charge < -0.3 is 5.32 Å². The van der Waals surface area contributed by atoms with Crippen molar-refractivity contribution in [3.63, 3.8) is 0 Å². The maximum Gasteiger partial charge on any atom is 0.243 e. The summed E-state index contributed by atoms with van der Waals surface area (Å²) in [4.78, 5) is 16.6. The number of rotatable bonds is 7. The maximum atomic E-state index is 12.8. The smallest absolute Gasteiger partial charge is 0.243 e. The highest BCUT2D eigenvalue weighted by atomic mass is 32.2. The maximum absolute atomic E-state index is 12.8. The van der Waals surface area contributed by atoms with Gasteiger partial charge in [0.2, 0.25) is 21.1 Å². The summed E-state index contributed by atoms with van der Waals surface area (Å²) in [6.45, 7) is 3.11. The lowest BCUT2D eigenvalue weighted by Crippen LogP contribution is -2.31. The van der Waals surface area contributed by atoms with Gasteiger partial charge in [0.15, 0.2) is 0 Å². The fraction of sp³-hybridized carbons (Fsp3) is 0.500. The molecular formula is C18H25N5O3S2. The summed E-state index contributed by atoms with van der Waals surface area (Å²) in [5, 5.41) is 10.1. The van der Waals surface area contributed by atoms with Gasteiger partial charge in [-0.3, -0.25) is 9.89 Å². The Hall–Kier alpha value is -1.91. The van der Waals surface area contributed by atoms with Crippen LogP contribution in [-0.2, 0) is 21.2 Å². The number of H-pyrrole nitrogens is 1. The molecule has 1 fully saturated rings. The monoisotopic (exact) mass is 423 g/mol. The van der Waals surface area contributed by atoms with Crippen molar-refractivity contribution < 1.29 is 13.2 Å². The van der Waals surface area contributed by atoms with E-state index in [4.69, 9.17) is 0 Å². The molecule has 2 N–H and O–H groups in total. The van der Waals surface area contributed by atoms with Gasteiger partial charge in [-0.15, -0.1) is 5.10 Å². The zero-order valence-corrected chi connectivity index (χ0v) is 17.5. The van der Waals surface area contributed by atoms with Crippen LogP contribution in [0.4, 0.5) is 5.69 Å². The van der Waals surface area contributed by atoms with E-state index in [1.54, 1.807) is 28.6 Å². The number of benzene rings is 1. The minimum Gasteiger partial charge on any atom is -0.325 e. The number of nitrogens with zero attached hydrogens (tertiary/aromatic N) is 3. The second-order valence-electron chi connectivity index (χ2n) is 6.60. The van der Waals surface area contributed by atoms with Crippen molar-refractivity contribution in [3.8, 4) is 0 Å². The second-order valence-corrected chi connectivity index (χ2v) is 9.48. The van der Waals surface area contributed by atoms with Crippen LogP contribution in [0.5, 0.6) is 0 Å². The van der Waals surface area contributed by atoms with E-state index < -0.39 is 10.0 Å². The molecule has 0 spiro atoms. The van der Waals surface area contributed by atoms with Crippen LogP contribution < -0.4 is 5.32 Å². The van der Waals surface area contributed by atoms with E-state index in [-0.39, 0.29) is 16.6 Å². The molecule has 0 aliphatic carbocycles. The van der Waals surface area contributed by atoms with Crippen LogP contribution in [0.3, 0.4) is 0 Å². The number of aryl methyl sites for hydroxylation is 1. The quantitative estimate of drug-likeness (QED) is 0.663. The van der Waals surface area contributed by atoms with Crippen LogP contribution in [0, 0.1) is 0 Å². The van der Waals surface area contributed by atoms with Gasteiger partial charge >= 0.3 is 0 Å². The first-order valence-electron chi connectivity index (χ1n) is 9.43. The largest absolute Gasteiger partial charge is 0.325 e. The van der Waals surface area contributed by atoms with E-state index >= 15 is 0 Å². The number of hydrogen-bond donors (Lipinski definition) is 2. The van der Waals surface area contributed by atoms with E-state index in [0.29, 0.717) is 23.9 Å². The van der Waals surface area contributed by atoms with E-state index in [1.807, 2.05) is 6.92 Å². The zero-order chi connectivity index (χ0) is 20.0. The molecule has 152 valence electrons. The predicted molar refractivity (Wildman–Crippen MR) is 109 cm³/mol. The Morgan fingerprint density at radius 2 is 1.86 bits per heavy atom. The summed E-state index contributed by atoms with van der Waals surface area (Å²) in [6, 6.07) is 6.34. The molecule has 3 rings (SSSR count). The van der Waals surface area contributed by atoms with Gasteiger partial charge in [-0.05, 0) is 37.1 Å². The second kappa shape index (κ2) is 9.53. The van der Waals surface area contributed by atoms with Crippen molar-refractivity contribution >= 4 is 33.4 Å². The normalized spacial score (nSPS) is 15.9. The van der Waals surface area contributed by atoms with E-state index in [2.05, 4.69) is 20.5 Å². The highest BCUT2D eigenvalue weighted by Crippen LogP contribution is 2.22. The van der Waals surface area contributed by atoms with Crippen molar-refractivity contribution in [2.75, 3.05) is 24.2 Å². The van der Waals surface area contributed by atoms with Crippen LogP contribution in [0.2, 0.25) is 0 Å². The first kappa shape index (κ1) is 20.8. The summed E-state index contributed by atoms with van der Waals surface area (Å²) < 4.78 is 27.1. The van der Waals surface area contributed by atoms with Crippen LogP contribution >= 0.6 is 11.8 Å². The Balaban J connectivity index is 1.56. The summed E-state index contributed by atoms with van der Waals surface area (Å²) in [7, 11) is -3.48. The molecule has 1 aromatic carbocycles. The lowest BCUT2D eigenvalue weighted by Gasteiger charge is -2.20. The average Bonchev–Trinajstić information content (AvgIpc) is 2.97. The molecule has 2 aromatic rings. The molecule has 2 heterocycles. The number of carbonyl (C=O) groups excluding carboxylic acids is 1. The molecule has 0 bridgehead atoms. The zero-order valence-electron chi connectivity index (χ0n) is 15.8. The fourth-order valence-corrected chi connectivity index (χ4v) is 5.10. The molecule has 0 saturated carbocycles. The summed E-state index contributed by atoms with van der Waals surface area (Å²) in [5.41, 5.74) is 0.560. The Kier molecular flexibility index (Phi) is 7.08. The SMILES string of the molecule is CCc1nc(SCC(=O)Nc2ccc(S(=O)(=O)N3CCCCCC3)cc2)n[nH]1. The van der Waals surface area contributed by atoms with Gasteiger partial charge in [0.05, 0.1) is 10.6 Å². The van der Waals surface area contributed by atoms with Gasteiger partial charge in [0, 0.05) is 25.2 Å². The molecule has 28 heavy (non-hydrogen) atoms. The lowest BCUT2D eigenvalue weighted by molar-refractivity contribution is -0.113. The molecule has 0 unspecified atom stereocenters. The van der Waals surface area contributed by atoms with Gasteiger partial charge in [-0.25, -0.2) is 13.4 Å². The topological polar surface area (TPSA) is 108 Å². The molecule has 1 aromatic heterocycles. The third-order valence-electron chi connectivity index (χ3n) is 4.52. The standard InChI is InChI=1S/C18H25N5O3S2/c1-2-16-20-18(22-21-16)27-13-17(24)19-14-7-9-15(10-8-14)28(25,26)23-11-5-3-4-6-12-23/h7-10H,2-6,11-13H2,1H3,(H,19,24)(H,20,21,22). The van der Waals surface area contributed by atoms with Crippen LogP contribution in [-0.4, -0.2) is 52.7 Å². The number of anilines is 1. The molecule has 8 nitrogen and oxygen atoms in total. The minimum absolute atomic E-state index is 0.175. The summed E-state index contributed by atoms with van der Waals surface area (Å²) >= 11 is 1.24. The Morgan fingerprint density at radius 3 is 2.46 bits per heavy atom. The Labute approximate surface area is 169 Å². The van der Waals surface area contributed by atoms with Crippen LogP contribution in [0.15, 0.2) is 34.3 Å². The van der Waals surface area contributed by atoms with Crippen molar-refractivity contribution in [1.82, 2.24) is 19.5 Å². The number of carbonyl (C=O) groups is 1. The van der Waals surface area contributed by atoms with Crippen molar-refractivity contribution in [3.05, 3.63) is 30.1 Å².